The Bertz CT molecular complexity index is 793. The first-order chi connectivity index (χ1) is 11.3. The van der Waals surface area contributed by atoms with Crippen LogP contribution in [0.15, 0.2) is 109 Å². The summed E-state index contributed by atoms with van der Waals surface area (Å²) in [4.78, 5) is 0. The van der Waals surface area contributed by atoms with Crippen LogP contribution in [0.25, 0.3) is 11.1 Å². The molecule has 0 aliphatic heterocycles. The first-order valence-corrected chi connectivity index (χ1v) is 7.66. The lowest BCUT2D eigenvalue weighted by atomic mass is 9.98. The molecule has 3 aromatic rings. The molecule has 0 unspecified atom stereocenters. The van der Waals surface area contributed by atoms with Gasteiger partial charge in [0.25, 0.3) is 0 Å². The van der Waals surface area contributed by atoms with Crippen molar-refractivity contribution in [1.29, 1.82) is 0 Å². The van der Waals surface area contributed by atoms with Gasteiger partial charge >= 0.3 is 0 Å². The van der Waals surface area contributed by atoms with Crippen LogP contribution in [0.4, 0.5) is 0 Å². The highest BCUT2D eigenvalue weighted by atomic mass is 14.1. The Morgan fingerprint density at radius 1 is 0.609 bits per heavy atom. The lowest BCUT2D eigenvalue weighted by Gasteiger charge is -2.05. The lowest BCUT2D eigenvalue weighted by molar-refractivity contribution is 1.55. The molecule has 0 aliphatic rings. The molecule has 0 radical (unpaired) electrons. The molecule has 0 nitrogen and oxygen atoms in total. The van der Waals surface area contributed by atoms with Crippen molar-refractivity contribution in [3.8, 4) is 0 Å². The monoisotopic (exact) mass is 294 g/mol. The van der Waals surface area contributed by atoms with Gasteiger partial charge in [-0.15, -0.1) is 5.73 Å². The van der Waals surface area contributed by atoms with Gasteiger partial charge in [-0.2, -0.15) is 0 Å². The summed E-state index contributed by atoms with van der Waals surface area (Å²) in [6.07, 6.45) is 1.96. The second-order valence-electron chi connectivity index (χ2n) is 5.29. The molecule has 0 heterocycles. The summed E-state index contributed by atoms with van der Waals surface area (Å²) in [5, 5.41) is 0. The zero-order valence-electron chi connectivity index (χ0n) is 12.9. The molecule has 0 saturated carbocycles. The summed E-state index contributed by atoms with van der Waals surface area (Å²) < 4.78 is 0. The number of allylic oxidation sites excluding steroid dienone is 2. The zero-order chi connectivity index (χ0) is 15.9. The molecule has 0 aliphatic carbocycles. The Hall–Kier alpha value is -3.08. The predicted octanol–water partition coefficient (Wildman–Crippen LogP) is 5.99. The van der Waals surface area contributed by atoms with E-state index in [0.717, 1.165) is 27.8 Å². The molecule has 0 spiro atoms. The Balaban J connectivity index is 2.05. The maximum Gasteiger partial charge on any atom is 0.0309 e. The zero-order valence-corrected chi connectivity index (χ0v) is 12.9. The maximum atomic E-state index is 4.15. The number of hydrogen-bond acceptors (Lipinski definition) is 0. The number of hydrogen-bond donors (Lipinski definition) is 0. The van der Waals surface area contributed by atoms with Crippen molar-refractivity contribution in [3.05, 3.63) is 126 Å². The minimum atomic E-state index is 0.954. The van der Waals surface area contributed by atoms with Gasteiger partial charge in [-0.05, 0) is 28.3 Å². The predicted molar refractivity (Wildman–Crippen MR) is 99.0 cm³/mol. The number of benzene rings is 3. The van der Waals surface area contributed by atoms with Gasteiger partial charge in [0.1, 0.15) is 0 Å². The van der Waals surface area contributed by atoms with E-state index in [-0.39, 0.29) is 0 Å². The Morgan fingerprint density at radius 3 is 1.43 bits per heavy atom. The third-order valence-electron chi connectivity index (χ3n) is 3.66. The minimum absolute atomic E-state index is 0.954. The molecule has 0 heteroatoms. The topological polar surface area (TPSA) is 0 Å². The van der Waals surface area contributed by atoms with Crippen LogP contribution in [0, 0.1) is 0 Å². The van der Waals surface area contributed by atoms with E-state index in [1.54, 1.807) is 0 Å². The first kappa shape index (κ1) is 14.8. The van der Waals surface area contributed by atoms with Crippen molar-refractivity contribution in [3.63, 3.8) is 0 Å². The average Bonchev–Trinajstić information content (AvgIpc) is 2.64. The summed E-state index contributed by atoms with van der Waals surface area (Å²) in [7, 11) is 0. The third-order valence-corrected chi connectivity index (χ3v) is 3.66. The first-order valence-electron chi connectivity index (χ1n) is 7.66. The molecule has 0 N–H and O–H groups in total. The smallest absolute Gasteiger partial charge is 0.0309 e. The normalized spacial score (nSPS) is 9.74. The minimum Gasteiger partial charge on any atom is -0.111 e. The fourth-order valence-corrected chi connectivity index (χ4v) is 2.44. The van der Waals surface area contributed by atoms with E-state index in [0.29, 0.717) is 0 Å². The van der Waals surface area contributed by atoms with Crippen molar-refractivity contribution in [2.45, 2.75) is 0 Å². The van der Waals surface area contributed by atoms with E-state index in [9.17, 15) is 0 Å². The van der Waals surface area contributed by atoms with Crippen LogP contribution < -0.4 is 0 Å². The van der Waals surface area contributed by atoms with Gasteiger partial charge in [0.15, 0.2) is 0 Å². The molecule has 3 aromatic carbocycles. The summed E-state index contributed by atoms with van der Waals surface area (Å²) in [6.45, 7) is 4.15. The fraction of sp³-hybridized carbons (Fsp3) is 0. The maximum absolute atomic E-state index is 4.15. The second kappa shape index (κ2) is 7.26. The fourth-order valence-electron chi connectivity index (χ4n) is 2.44. The molecule has 0 atom stereocenters. The van der Waals surface area contributed by atoms with Gasteiger partial charge in [0.2, 0.25) is 0 Å². The largest absolute Gasteiger partial charge is 0.111 e. The van der Waals surface area contributed by atoms with E-state index >= 15 is 0 Å². The Morgan fingerprint density at radius 2 is 1.00 bits per heavy atom. The quantitative estimate of drug-likeness (QED) is 0.410. The van der Waals surface area contributed by atoms with Gasteiger partial charge in [-0.1, -0.05) is 97.6 Å². The van der Waals surface area contributed by atoms with Crippen molar-refractivity contribution in [1.82, 2.24) is 0 Å². The molecular weight excluding hydrogens is 276 g/mol. The summed E-state index contributed by atoms with van der Waals surface area (Å²) in [5.41, 5.74) is 8.88. The van der Waals surface area contributed by atoms with Gasteiger partial charge in [0, 0.05) is 5.57 Å². The highest BCUT2D eigenvalue weighted by Gasteiger charge is 2.03. The molecule has 3 rings (SSSR count). The van der Waals surface area contributed by atoms with Crippen LogP contribution in [-0.2, 0) is 0 Å². The Kier molecular flexibility index (Phi) is 4.69. The van der Waals surface area contributed by atoms with Crippen LogP contribution in [0.2, 0.25) is 0 Å². The highest BCUT2D eigenvalue weighted by Crippen LogP contribution is 2.23. The standard InChI is InChI=1S/C23H18/c1-19(20-11-5-2-6-12-20)17-18-23(21-13-7-3-8-14-21)22-15-9-4-10-16-22/h2-17H,1H2. The van der Waals surface area contributed by atoms with Crippen molar-refractivity contribution in [2.75, 3.05) is 0 Å². The highest BCUT2D eigenvalue weighted by molar-refractivity contribution is 5.81. The molecular formula is C23H18. The van der Waals surface area contributed by atoms with Gasteiger partial charge in [-0.25, -0.2) is 0 Å². The molecule has 0 amide bonds. The van der Waals surface area contributed by atoms with Crippen LogP contribution in [0.3, 0.4) is 0 Å². The Labute approximate surface area is 137 Å². The lowest BCUT2D eigenvalue weighted by Crippen LogP contribution is -1.86. The van der Waals surface area contributed by atoms with Crippen molar-refractivity contribution < 1.29 is 0 Å². The van der Waals surface area contributed by atoms with E-state index in [4.69, 9.17) is 0 Å². The molecule has 0 aromatic heterocycles. The number of rotatable bonds is 4. The summed E-state index contributed by atoms with van der Waals surface area (Å²) in [6, 6.07) is 30.8. The molecule has 0 fully saturated rings. The van der Waals surface area contributed by atoms with Crippen LogP contribution in [0.1, 0.15) is 16.7 Å². The van der Waals surface area contributed by atoms with Crippen LogP contribution in [0.5, 0.6) is 0 Å². The van der Waals surface area contributed by atoms with Gasteiger partial charge < -0.3 is 0 Å². The van der Waals surface area contributed by atoms with Gasteiger partial charge in [0.05, 0.1) is 0 Å². The molecule has 0 saturated heterocycles. The molecule has 110 valence electrons. The van der Waals surface area contributed by atoms with Crippen molar-refractivity contribution in [2.24, 2.45) is 0 Å². The molecule has 0 bridgehead atoms. The summed E-state index contributed by atoms with van der Waals surface area (Å²) in [5.74, 6) is 0. The molecule has 23 heavy (non-hydrogen) atoms. The van der Waals surface area contributed by atoms with E-state index in [2.05, 4.69) is 48.7 Å². The average molecular weight is 294 g/mol. The van der Waals surface area contributed by atoms with Gasteiger partial charge in [-0.3, -0.25) is 0 Å². The second-order valence-corrected chi connectivity index (χ2v) is 5.29. The van der Waals surface area contributed by atoms with E-state index in [1.165, 1.54) is 0 Å². The van der Waals surface area contributed by atoms with Crippen LogP contribution in [-0.4, -0.2) is 0 Å². The summed E-state index contributed by atoms with van der Waals surface area (Å²) >= 11 is 0. The van der Waals surface area contributed by atoms with Crippen LogP contribution >= 0.6 is 0 Å². The SMILES string of the molecule is C=C(C=C=C(c1ccccc1)c1ccccc1)c1ccccc1. The van der Waals surface area contributed by atoms with E-state index < -0.39 is 0 Å². The van der Waals surface area contributed by atoms with Crippen molar-refractivity contribution >= 4 is 11.1 Å². The van der Waals surface area contributed by atoms with E-state index in [1.807, 2.05) is 60.7 Å². The third kappa shape index (κ3) is 3.77.